The number of nitrogens with zero attached hydrogens (tertiary/aromatic N) is 4. The van der Waals surface area contributed by atoms with E-state index in [1.807, 2.05) is 30.3 Å². The van der Waals surface area contributed by atoms with Crippen LogP contribution < -0.4 is 5.32 Å². The van der Waals surface area contributed by atoms with Crippen LogP contribution in [0.3, 0.4) is 0 Å². The van der Waals surface area contributed by atoms with Gasteiger partial charge >= 0.3 is 0 Å². The number of rotatable bonds is 5. The third kappa shape index (κ3) is 2.89. The van der Waals surface area contributed by atoms with E-state index in [4.69, 9.17) is 8.83 Å². The molecule has 4 rings (SSSR count). The molecule has 120 valence electrons. The van der Waals surface area contributed by atoms with Crippen molar-refractivity contribution in [1.29, 1.82) is 0 Å². The molecule has 3 aromatic heterocycles. The van der Waals surface area contributed by atoms with Gasteiger partial charge in [0.15, 0.2) is 5.76 Å². The van der Waals surface area contributed by atoms with Crippen LogP contribution in [0, 0.1) is 0 Å². The van der Waals surface area contributed by atoms with E-state index in [0.29, 0.717) is 23.9 Å². The zero-order chi connectivity index (χ0) is 16.4. The summed E-state index contributed by atoms with van der Waals surface area (Å²) in [6.07, 6.45) is 1.56. The van der Waals surface area contributed by atoms with Crippen molar-refractivity contribution in [2.45, 2.75) is 13.1 Å². The van der Waals surface area contributed by atoms with Crippen molar-refractivity contribution in [2.24, 2.45) is 0 Å². The van der Waals surface area contributed by atoms with Gasteiger partial charge in [0.2, 0.25) is 11.7 Å². The Kier molecular flexibility index (Phi) is 3.54. The second-order valence-electron chi connectivity index (χ2n) is 5.15. The molecule has 0 atom stereocenters. The van der Waals surface area contributed by atoms with Crippen molar-refractivity contribution in [3.05, 3.63) is 54.5 Å². The topological polar surface area (TPSA) is 99.0 Å². The molecule has 0 radical (unpaired) electrons. The number of carbonyl (C=O) groups excluding carboxylic acids is 1. The lowest BCUT2D eigenvalue weighted by atomic mass is 10.2. The van der Waals surface area contributed by atoms with Gasteiger partial charge in [0.1, 0.15) is 17.9 Å². The fourth-order valence-electron chi connectivity index (χ4n) is 2.28. The highest BCUT2D eigenvalue weighted by atomic mass is 16.3. The Bertz CT molecular complexity index is 938. The van der Waals surface area contributed by atoms with Crippen molar-refractivity contribution < 1.29 is 13.6 Å². The molecule has 0 aliphatic heterocycles. The van der Waals surface area contributed by atoms with Crippen LogP contribution in [0.4, 0.5) is 0 Å². The van der Waals surface area contributed by atoms with Crippen LogP contribution in [0.15, 0.2) is 57.6 Å². The van der Waals surface area contributed by atoms with E-state index < -0.39 is 0 Å². The number of nitrogens with one attached hydrogen (secondary N) is 1. The third-order valence-corrected chi connectivity index (χ3v) is 3.42. The Balaban J connectivity index is 1.43. The average molecular weight is 323 g/mol. The van der Waals surface area contributed by atoms with E-state index >= 15 is 0 Å². The van der Waals surface area contributed by atoms with Gasteiger partial charge in [-0.1, -0.05) is 18.2 Å². The Hall–Kier alpha value is -3.42. The van der Waals surface area contributed by atoms with E-state index in [1.54, 1.807) is 18.4 Å². The highest BCUT2D eigenvalue weighted by Gasteiger charge is 2.13. The van der Waals surface area contributed by atoms with Crippen LogP contribution in [0.2, 0.25) is 0 Å². The zero-order valence-corrected chi connectivity index (χ0v) is 12.5. The summed E-state index contributed by atoms with van der Waals surface area (Å²) in [7, 11) is 0. The number of para-hydroxylation sites is 1. The quantitative estimate of drug-likeness (QED) is 0.603. The first kappa shape index (κ1) is 14.2. The van der Waals surface area contributed by atoms with E-state index in [1.165, 1.54) is 4.80 Å². The molecule has 0 bridgehead atoms. The lowest BCUT2D eigenvalue weighted by Gasteiger charge is -2.01. The molecule has 1 N–H and O–H groups in total. The summed E-state index contributed by atoms with van der Waals surface area (Å²) in [5.41, 5.74) is 0.750. The largest absolute Gasteiger partial charge is 0.467 e. The fourth-order valence-corrected chi connectivity index (χ4v) is 2.28. The molecule has 1 amide bonds. The van der Waals surface area contributed by atoms with Gasteiger partial charge in [-0.05, 0) is 29.5 Å². The van der Waals surface area contributed by atoms with Gasteiger partial charge in [0.25, 0.3) is 0 Å². The zero-order valence-electron chi connectivity index (χ0n) is 12.5. The Morgan fingerprint density at radius 3 is 2.96 bits per heavy atom. The first-order valence-electron chi connectivity index (χ1n) is 7.34. The number of aromatic nitrogens is 4. The van der Waals surface area contributed by atoms with Crippen molar-refractivity contribution in [1.82, 2.24) is 25.5 Å². The molecule has 24 heavy (non-hydrogen) atoms. The van der Waals surface area contributed by atoms with Gasteiger partial charge in [0, 0.05) is 5.39 Å². The van der Waals surface area contributed by atoms with E-state index in [-0.39, 0.29) is 12.5 Å². The van der Waals surface area contributed by atoms with E-state index in [2.05, 4.69) is 20.7 Å². The first-order valence-corrected chi connectivity index (χ1v) is 7.34. The minimum atomic E-state index is -0.236. The summed E-state index contributed by atoms with van der Waals surface area (Å²) in [5, 5.41) is 15.7. The molecule has 0 fully saturated rings. The van der Waals surface area contributed by atoms with Gasteiger partial charge in [-0.3, -0.25) is 4.79 Å². The van der Waals surface area contributed by atoms with E-state index in [0.717, 1.165) is 11.0 Å². The predicted octanol–water partition coefficient (Wildman–Crippen LogP) is 2.00. The van der Waals surface area contributed by atoms with Crippen LogP contribution in [0.25, 0.3) is 22.6 Å². The normalized spacial score (nSPS) is 11.0. The highest BCUT2D eigenvalue weighted by Crippen LogP contribution is 2.24. The third-order valence-electron chi connectivity index (χ3n) is 3.42. The van der Waals surface area contributed by atoms with Crippen LogP contribution in [0.1, 0.15) is 5.76 Å². The SMILES string of the molecule is O=C(Cn1nnc(-c2cc3ccccc3o2)n1)NCc1ccco1. The highest BCUT2D eigenvalue weighted by molar-refractivity contribution is 5.81. The van der Waals surface area contributed by atoms with Crippen LogP contribution in [-0.4, -0.2) is 26.1 Å². The van der Waals surface area contributed by atoms with E-state index in [9.17, 15) is 4.79 Å². The molecule has 0 aliphatic carbocycles. The average Bonchev–Trinajstić information content (AvgIpc) is 3.32. The van der Waals surface area contributed by atoms with Gasteiger partial charge in [-0.25, -0.2) is 0 Å². The summed E-state index contributed by atoms with van der Waals surface area (Å²) < 4.78 is 10.8. The summed E-state index contributed by atoms with van der Waals surface area (Å²) in [5.74, 6) is 1.29. The standard InChI is InChI=1S/C16H13N5O3/c22-15(17-9-12-5-3-7-23-12)10-21-19-16(18-20-21)14-8-11-4-1-2-6-13(11)24-14/h1-8H,9-10H2,(H,17,22). The number of hydrogen-bond donors (Lipinski definition) is 1. The Morgan fingerprint density at radius 1 is 1.21 bits per heavy atom. The molecule has 0 aliphatic rings. The Labute approximate surface area is 136 Å². The van der Waals surface area contributed by atoms with Crippen molar-refractivity contribution >= 4 is 16.9 Å². The minimum absolute atomic E-state index is 0.0338. The van der Waals surface area contributed by atoms with Crippen molar-refractivity contribution in [2.75, 3.05) is 0 Å². The molecule has 4 aromatic rings. The predicted molar refractivity (Wildman–Crippen MR) is 83.6 cm³/mol. The van der Waals surface area contributed by atoms with Crippen molar-refractivity contribution in [3.8, 4) is 11.6 Å². The Morgan fingerprint density at radius 2 is 2.12 bits per heavy atom. The molecular weight excluding hydrogens is 310 g/mol. The molecule has 1 aromatic carbocycles. The molecule has 0 saturated carbocycles. The molecular formula is C16H13N5O3. The molecule has 0 spiro atoms. The monoisotopic (exact) mass is 323 g/mol. The molecule has 8 heteroatoms. The maximum atomic E-state index is 11.9. The number of hydrogen-bond acceptors (Lipinski definition) is 6. The summed E-state index contributed by atoms with van der Waals surface area (Å²) in [4.78, 5) is 13.1. The minimum Gasteiger partial charge on any atom is -0.467 e. The number of tetrazole rings is 1. The molecule has 8 nitrogen and oxygen atoms in total. The number of fused-ring (bicyclic) bond motifs is 1. The summed E-state index contributed by atoms with van der Waals surface area (Å²) in [6.45, 7) is 0.283. The second-order valence-corrected chi connectivity index (χ2v) is 5.15. The molecule has 0 saturated heterocycles. The second kappa shape index (κ2) is 5.99. The van der Waals surface area contributed by atoms with Crippen LogP contribution in [-0.2, 0) is 17.9 Å². The summed E-state index contributed by atoms with van der Waals surface area (Å²) in [6, 6.07) is 13.0. The fraction of sp³-hybridized carbons (Fsp3) is 0.125. The number of benzene rings is 1. The first-order chi connectivity index (χ1) is 11.8. The lowest BCUT2D eigenvalue weighted by Crippen LogP contribution is -2.27. The van der Waals surface area contributed by atoms with Crippen molar-refractivity contribution in [3.63, 3.8) is 0 Å². The summed E-state index contributed by atoms with van der Waals surface area (Å²) >= 11 is 0. The van der Waals surface area contributed by atoms with Crippen LogP contribution in [0.5, 0.6) is 0 Å². The van der Waals surface area contributed by atoms with Gasteiger partial charge in [0.05, 0.1) is 12.8 Å². The molecule has 0 unspecified atom stereocenters. The maximum absolute atomic E-state index is 11.9. The number of furan rings is 2. The van der Waals surface area contributed by atoms with Crippen LogP contribution >= 0.6 is 0 Å². The van der Waals surface area contributed by atoms with Gasteiger partial charge < -0.3 is 14.2 Å². The number of carbonyl (C=O) groups is 1. The van der Waals surface area contributed by atoms with Gasteiger partial charge in [-0.15, -0.1) is 10.2 Å². The van der Waals surface area contributed by atoms with Gasteiger partial charge in [-0.2, -0.15) is 4.80 Å². The smallest absolute Gasteiger partial charge is 0.244 e. The number of amides is 1. The molecule has 3 heterocycles. The lowest BCUT2D eigenvalue weighted by molar-refractivity contribution is -0.122. The maximum Gasteiger partial charge on any atom is 0.244 e.